The Morgan fingerprint density at radius 1 is 0.725 bits per heavy atom. The normalized spacial score (nSPS) is 23.1. The molecule has 3 aromatic carbocycles. The molecule has 3 aromatic rings. The molecule has 2 atom stereocenters. The number of rotatable bonds is 10. The smallest absolute Gasteiger partial charge is 0.204 e. The van der Waals surface area contributed by atoms with Gasteiger partial charge in [0.25, 0.3) is 0 Å². The van der Waals surface area contributed by atoms with Crippen LogP contribution in [-0.4, -0.2) is 19.3 Å². The summed E-state index contributed by atoms with van der Waals surface area (Å²) in [7, 11) is 0. The van der Waals surface area contributed by atoms with Crippen LogP contribution in [0.4, 0.5) is 8.78 Å². The third-order valence-corrected chi connectivity index (χ3v) is 8.80. The van der Waals surface area contributed by atoms with E-state index in [1.807, 2.05) is 24.3 Å². The van der Waals surface area contributed by atoms with Crippen LogP contribution in [0.15, 0.2) is 60.7 Å². The summed E-state index contributed by atoms with van der Waals surface area (Å²) < 4.78 is 45.5. The van der Waals surface area contributed by atoms with E-state index in [2.05, 4.69) is 31.2 Å². The van der Waals surface area contributed by atoms with Crippen LogP contribution >= 0.6 is 0 Å². The summed E-state index contributed by atoms with van der Waals surface area (Å²) in [6, 6.07) is 19.6. The Kier molecular flexibility index (Phi) is 9.74. The molecule has 5 rings (SSSR count). The van der Waals surface area contributed by atoms with Crippen molar-refractivity contribution < 1.29 is 23.0 Å². The predicted octanol–water partition coefficient (Wildman–Crippen LogP) is 9.48. The fourth-order valence-corrected chi connectivity index (χ4v) is 6.46. The second-order valence-electron chi connectivity index (χ2n) is 11.4. The molecular weight excluding hydrogens is 506 g/mol. The second-order valence-corrected chi connectivity index (χ2v) is 11.4. The van der Waals surface area contributed by atoms with Gasteiger partial charge in [0.2, 0.25) is 11.6 Å². The molecule has 1 heterocycles. The van der Waals surface area contributed by atoms with Gasteiger partial charge < -0.3 is 14.2 Å². The van der Waals surface area contributed by atoms with Gasteiger partial charge in [0.05, 0.1) is 19.3 Å². The van der Waals surface area contributed by atoms with E-state index < -0.39 is 11.6 Å². The zero-order valence-corrected chi connectivity index (χ0v) is 23.8. The van der Waals surface area contributed by atoms with Crippen molar-refractivity contribution in [3.8, 4) is 22.6 Å². The van der Waals surface area contributed by atoms with Gasteiger partial charge in [-0.05, 0) is 78.8 Å². The first-order valence-corrected chi connectivity index (χ1v) is 15.1. The molecule has 0 N–H and O–H groups in total. The lowest BCUT2D eigenvalue weighted by Crippen LogP contribution is -2.33. The van der Waals surface area contributed by atoms with E-state index in [9.17, 15) is 8.78 Å². The van der Waals surface area contributed by atoms with Crippen LogP contribution in [0, 0.1) is 23.5 Å². The zero-order chi connectivity index (χ0) is 27.9. The van der Waals surface area contributed by atoms with Gasteiger partial charge in [-0.2, -0.15) is 8.78 Å². The number of halogens is 2. The molecule has 1 saturated carbocycles. The van der Waals surface area contributed by atoms with E-state index in [0.717, 1.165) is 35.1 Å². The van der Waals surface area contributed by atoms with Crippen molar-refractivity contribution in [1.29, 1.82) is 0 Å². The molecule has 40 heavy (non-hydrogen) atoms. The highest BCUT2D eigenvalue weighted by Crippen LogP contribution is 2.39. The third kappa shape index (κ3) is 6.86. The first-order valence-electron chi connectivity index (χ1n) is 15.1. The van der Waals surface area contributed by atoms with Crippen LogP contribution in [-0.2, 0) is 11.3 Å². The van der Waals surface area contributed by atoms with Gasteiger partial charge in [-0.3, -0.25) is 0 Å². The Bertz CT molecular complexity index is 1210. The Labute approximate surface area is 237 Å². The quantitative estimate of drug-likeness (QED) is 0.253. The summed E-state index contributed by atoms with van der Waals surface area (Å²) in [4.78, 5) is 0. The van der Waals surface area contributed by atoms with Crippen molar-refractivity contribution in [3.05, 3.63) is 83.4 Å². The average Bonchev–Trinajstić information content (AvgIpc) is 3.00. The summed E-state index contributed by atoms with van der Waals surface area (Å²) in [5, 5.41) is 0. The molecule has 2 unspecified atom stereocenters. The second kappa shape index (κ2) is 13.6. The van der Waals surface area contributed by atoms with Gasteiger partial charge in [0.1, 0.15) is 6.61 Å². The first-order chi connectivity index (χ1) is 19.6. The standard InChI is InChI=1S/C35H42F2O3/c1-3-5-24-6-12-29(13-7-24)31-19-18-30(23-40-31)28-16-14-27(15-17-28)26-10-8-25(9-11-26)22-39-33-21-20-32(38-4-2)34(36)35(33)37/h8-11,14-17,20-21,24,29-31H,3-7,12-13,18-19,22-23H2,1-2H3. The monoisotopic (exact) mass is 548 g/mol. The molecular formula is C35H42F2O3. The highest BCUT2D eigenvalue weighted by molar-refractivity contribution is 5.64. The maximum absolute atomic E-state index is 14.3. The average molecular weight is 549 g/mol. The molecule has 2 aliphatic rings. The Balaban J connectivity index is 1.11. The molecule has 1 aliphatic heterocycles. The Morgan fingerprint density at radius 3 is 1.93 bits per heavy atom. The van der Waals surface area contributed by atoms with E-state index in [0.29, 0.717) is 12.0 Å². The lowest BCUT2D eigenvalue weighted by Gasteiger charge is -2.38. The molecule has 2 fully saturated rings. The predicted molar refractivity (Wildman–Crippen MR) is 156 cm³/mol. The van der Waals surface area contributed by atoms with Crippen LogP contribution in [0.3, 0.4) is 0 Å². The zero-order valence-electron chi connectivity index (χ0n) is 23.8. The molecule has 1 aliphatic carbocycles. The third-order valence-electron chi connectivity index (χ3n) is 8.80. The fraction of sp³-hybridized carbons (Fsp3) is 0.486. The summed E-state index contributed by atoms with van der Waals surface area (Å²) in [5.74, 6) is -0.125. The molecule has 214 valence electrons. The highest BCUT2D eigenvalue weighted by atomic mass is 19.2. The first kappa shape index (κ1) is 28.6. The number of hydrogen-bond donors (Lipinski definition) is 0. The van der Waals surface area contributed by atoms with Crippen LogP contribution in [0.1, 0.15) is 82.3 Å². The van der Waals surface area contributed by atoms with Gasteiger partial charge >= 0.3 is 0 Å². The number of ether oxygens (including phenoxy) is 3. The highest BCUT2D eigenvalue weighted by Gasteiger charge is 2.31. The van der Waals surface area contributed by atoms with Crippen molar-refractivity contribution in [2.24, 2.45) is 11.8 Å². The maximum atomic E-state index is 14.3. The van der Waals surface area contributed by atoms with Gasteiger partial charge in [-0.1, -0.05) is 81.1 Å². The van der Waals surface area contributed by atoms with Crippen LogP contribution in [0.25, 0.3) is 11.1 Å². The van der Waals surface area contributed by atoms with Gasteiger partial charge in [0.15, 0.2) is 11.5 Å². The summed E-state index contributed by atoms with van der Waals surface area (Å²) in [5.41, 5.74) is 4.48. The molecule has 0 radical (unpaired) electrons. The molecule has 1 saturated heterocycles. The molecule has 0 aromatic heterocycles. The van der Waals surface area contributed by atoms with Crippen molar-refractivity contribution >= 4 is 0 Å². The van der Waals surface area contributed by atoms with E-state index in [-0.39, 0.29) is 24.7 Å². The molecule has 0 spiro atoms. The van der Waals surface area contributed by atoms with Crippen LogP contribution < -0.4 is 9.47 Å². The Hall–Kier alpha value is -2.92. The summed E-state index contributed by atoms with van der Waals surface area (Å²) in [6.45, 7) is 5.26. The fourth-order valence-electron chi connectivity index (χ4n) is 6.46. The van der Waals surface area contributed by atoms with Gasteiger partial charge in [-0.15, -0.1) is 0 Å². The van der Waals surface area contributed by atoms with Crippen molar-refractivity contribution in [2.75, 3.05) is 13.2 Å². The minimum Gasteiger partial charge on any atom is -0.491 e. The number of benzene rings is 3. The van der Waals surface area contributed by atoms with E-state index in [1.54, 1.807) is 6.92 Å². The topological polar surface area (TPSA) is 27.7 Å². The van der Waals surface area contributed by atoms with Crippen molar-refractivity contribution in [1.82, 2.24) is 0 Å². The molecule has 3 nitrogen and oxygen atoms in total. The van der Waals surface area contributed by atoms with E-state index >= 15 is 0 Å². The lowest BCUT2D eigenvalue weighted by atomic mass is 9.75. The van der Waals surface area contributed by atoms with Gasteiger partial charge in [-0.25, -0.2) is 0 Å². The van der Waals surface area contributed by atoms with Crippen LogP contribution in [0.2, 0.25) is 0 Å². The number of hydrogen-bond acceptors (Lipinski definition) is 3. The minimum absolute atomic E-state index is 0.108. The minimum atomic E-state index is -1.03. The largest absolute Gasteiger partial charge is 0.491 e. The summed E-state index contributed by atoms with van der Waals surface area (Å²) in [6.07, 6.45) is 11.0. The van der Waals surface area contributed by atoms with Crippen molar-refractivity contribution in [3.63, 3.8) is 0 Å². The lowest BCUT2D eigenvalue weighted by molar-refractivity contribution is -0.0435. The van der Waals surface area contributed by atoms with Crippen LogP contribution in [0.5, 0.6) is 11.5 Å². The van der Waals surface area contributed by atoms with Crippen molar-refractivity contribution in [2.45, 2.75) is 83.8 Å². The van der Waals surface area contributed by atoms with E-state index in [4.69, 9.17) is 14.2 Å². The summed E-state index contributed by atoms with van der Waals surface area (Å²) >= 11 is 0. The molecule has 0 amide bonds. The SMILES string of the molecule is CCCC1CCC(C2CCC(c3ccc(-c4ccc(COc5ccc(OCC)c(F)c5F)cc4)cc3)CO2)CC1. The molecule has 0 bridgehead atoms. The van der Waals surface area contributed by atoms with Gasteiger partial charge in [0, 0.05) is 5.92 Å². The maximum Gasteiger partial charge on any atom is 0.204 e. The molecule has 5 heteroatoms. The Morgan fingerprint density at radius 2 is 1.35 bits per heavy atom. The van der Waals surface area contributed by atoms with E-state index in [1.165, 1.54) is 69.1 Å².